The topological polar surface area (TPSA) is 142 Å². The highest BCUT2D eigenvalue weighted by Crippen LogP contribution is 2.26. The van der Waals surface area contributed by atoms with Crippen LogP contribution in [0.25, 0.3) is 0 Å². The number of anilines is 1. The van der Waals surface area contributed by atoms with Crippen LogP contribution in [0, 0.1) is 0 Å². The monoisotopic (exact) mass is 446 g/mol. The normalized spacial score (nSPS) is 18.4. The van der Waals surface area contributed by atoms with Crippen LogP contribution in [0.2, 0.25) is 0 Å². The van der Waals surface area contributed by atoms with E-state index >= 15 is 0 Å². The predicted octanol–water partition coefficient (Wildman–Crippen LogP) is -0.148. The lowest BCUT2D eigenvalue weighted by Crippen LogP contribution is -2.53. The van der Waals surface area contributed by atoms with E-state index in [1.54, 1.807) is 6.07 Å². The number of rotatable bonds is 7. The van der Waals surface area contributed by atoms with Crippen molar-refractivity contribution in [2.45, 2.75) is 43.2 Å². The van der Waals surface area contributed by atoms with Gasteiger partial charge in [0, 0.05) is 13.6 Å². The Kier molecular flexibility index (Phi) is 6.72. The van der Waals surface area contributed by atoms with E-state index in [1.165, 1.54) is 39.1 Å². The van der Waals surface area contributed by atoms with Crippen LogP contribution in [0.1, 0.15) is 26.7 Å². The van der Waals surface area contributed by atoms with Crippen molar-refractivity contribution < 1.29 is 26.4 Å². The molecular weight excluding hydrogens is 420 g/mol. The standard InChI is InChI=1S/C17H26N4O6S2/c1-17(2,16(23)18-3)20-29(26,27)14-10-6-5-8-12(14)19-15(22)13-9-7-11-21(13)28(4,24)25/h5-6,8,10,13,20H,7,9,11H2,1-4H3,(H,18,23)(H,19,22)/t13-/m0/s1. The Balaban J connectivity index is 2.31. The second-order valence-electron chi connectivity index (χ2n) is 7.33. The Morgan fingerprint density at radius 2 is 1.76 bits per heavy atom. The van der Waals surface area contributed by atoms with Gasteiger partial charge in [0.15, 0.2) is 0 Å². The van der Waals surface area contributed by atoms with E-state index in [9.17, 15) is 26.4 Å². The molecule has 1 aliphatic heterocycles. The molecule has 162 valence electrons. The Bertz CT molecular complexity index is 1000. The third-order valence-electron chi connectivity index (χ3n) is 4.55. The van der Waals surface area contributed by atoms with E-state index in [0.717, 1.165) is 10.6 Å². The van der Waals surface area contributed by atoms with Crippen molar-refractivity contribution in [2.75, 3.05) is 25.2 Å². The van der Waals surface area contributed by atoms with Gasteiger partial charge >= 0.3 is 0 Å². The molecule has 2 amide bonds. The van der Waals surface area contributed by atoms with Crippen molar-refractivity contribution in [2.24, 2.45) is 0 Å². The van der Waals surface area contributed by atoms with Gasteiger partial charge in [0.25, 0.3) is 0 Å². The zero-order valence-electron chi connectivity index (χ0n) is 16.7. The molecule has 3 N–H and O–H groups in total. The minimum absolute atomic E-state index is 0.00180. The molecule has 1 aliphatic rings. The lowest BCUT2D eigenvalue weighted by Gasteiger charge is -2.25. The summed E-state index contributed by atoms with van der Waals surface area (Å²) in [6.07, 6.45) is 1.91. The third kappa shape index (κ3) is 5.32. The molecule has 0 radical (unpaired) electrons. The zero-order chi connectivity index (χ0) is 22.0. The van der Waals surface area contributed by atoms with Crippen molar-refractivity contribution >= 4 is 37.5 Å². The number of para-hydroxylation sites is 1. The molecular formula is C17H26N4O6S2. The number of nitrogens with one attached hydrogen (secondary N) is 3. The van der Waals surface area contributed by atoms with Crippen LogP contribution < -0.4 is 15.4 Å². The van der Waals surface area contributed by atoms with E-state index < -0.39 is 43.4 Å². The Hall–Kier alpha value is -2.02. The van der Waals surface area contributed by atoms with Crippen molar-refractivity contribution in [3.63, 3.8) is 0 Å². The molecule has 1 aromatic carbocycles. The quantitative estimate of drug-likeness (QED) is 0.532. The van der Waals surface area contributed by atoms with Gasteiger partial charge in [-0.2, -0.15) is 9.03 Å². The molecule has 0 spiro atoms. The van der Waals surface area contributed by atoms with Crippen LogP contribution in [0.15, 0.2) is 29.2 Å². The molecule has 1 saturated heterocycles. The summed E-state index contributed by atoms with van der Waals surface area (Å²) in [4.78, 5) is 24.4. The number of hydrogen-bond acceptors (Lipinski definition) is 6. The Labute approximate surface area is 171 Å². The number of carbonyl (C=O) groups excluding carboxylic acids is 2. The van der Waals surface area contributed by atoms with Gasteiger partial charge in [0.2, 0.25) is 31.9 Å². The van der Waals surface area contributed by atoms with Crippen molar-refractivity contribution in [3.8, 4) is 0 Å². The lowest BCUT2D eigenvalue weighted by molar-refractivity contribution is -0.125. The maximum atomic E-state index is 12.9. The van der Waals surface area contributed by atoms with Gasteiger partial charge < -0.3 is 10.6 Å². The highest BCUT2D eigenvalue weighted by atomic mass is 32.2. The van der Waals surface area contributed by atoms with Crippen LogP contribution in [-0.2, 0) is 29.6 Å². The Morgan fingerprint density at radius 3 is 2.34 bits per heavy atom. The minimum Gasteiger partial charge on any atom is -0.358 e. The molecule has 0 saturated carbocycles. The fourth-order valence-electron chi connectivity index (χ4n) is 3.17. The highest BCUT2D eigenvalue weighted by molar-refractivity contribution is 7.89. The minimum atomic E-state index is -4.17. The maximum absolute atomic E-state index is 12.9. The number of benzene rings is 1. The van der Waals surface area contributed by atoms with Crippen molar-refractivity contribution in [1.82, 2.24) is 14.3 Å². The number of hydrogen-bond donors (Lipinski definition) is 3. The van der Waals surface area contributed by atoms with Gasteiger partial charge in [0.05, 0.1) is 11.9 Å². The van der Waals surface area contributed by atoms with E-state index in [0.29, 0.717) is 12.8 Å². The number of amides is 2. The highest BCUT2D eigenvalue weighted by Gasteiger charge is 2.38. The van der Waals surface area contributed by atoms with Gasteiger partial charge in [-0.25, -0.2) is 16.8 Å². The maximum Gasteiger partial charge on any atom is 0.243 e. The predicted molar refractivity (Wildman–Crippen MR) is 108 cm³/mol. The third-order valence-corrected chi connectivity index (χ3v) is 7.55. The molecule has 10 nitrogen and oxygen atoms in total. The molecule has 1 heterocycles. The van der Waals surface area contributed by atoms with Gasteiger partial charge in [-0.05, 0) is 38.8 Å². The molecule has 12 heteroatoms. The van der Waals surface area contributed by atoms with Crippen molar-refractivity contribution in [3.05, 3.63) is 24.3 Å². The summed E-state index contributed by atoms with van der Waals surface area (Å²) in [5.41, 5.74) is -1.43. The first kappa shape index (κ1) is 23.3. The van der Waals surface area contributed by atoms with E-state index in [1.807, 2.05) is 0 Å². The molecule has 0 aliphatic carbocycles. The fraction of sp³-hybridized carbons (Fsp3) is 0.529. The smallest absolute Gasteiger partial charge is 0.243 e. The molecule has 1 atom stereocenters. The molecule has 29 heavy (non-hydrogen) atoms. The molecule has 2 rings (SSSR count). The first-order valence-corrected chi connectivity index (χ1v) is 12.3. The zero-order valence-corrected chi connectivity index (χ0v) is 18.4. The van der Waals surface area contributed by atoms with Crippen LogP contribution in [0.5, 0.6) is 0 Å². The Morgan fingerprint density at radius 1 is 1.14 bits per heavy atom. The van der Waals surface area contributed by atoms with Crippen LogP contribution in [0.3, 0.4) is 0 Å². The molecule has 1 fully saturated rings. The van der Waals surface area contributed by atoms with E-state index in [4.69, 9.17) is 0 Å². The summed E-state index contributed by atoms with van der Waals surface area (Å²) in [7, 11) is -6.35. The largest absolute Gasteiger partial charge is 0.358 e. The van der Waals surface area contributed by atoms with Crippen molar-refractivity contribution in [1.29, 1.82) is 0 Å². The second-order valence-corrected chi connectivity index (χ2v) is 10.9. The SMILES string of the molecule is CNC(=O)C(C)(C)NS(=O)(=O)c1ccccc1NC(=O)[C@@H]1CCCN1S(C)(=O)=O. The van der Waals surface area contributed by atoms with E-state index in [2.05, 4.69) is 15.4 Å². The van der Waals surface area contributed by atoms with Crippen LogP contribution in [-0.4, -0.2) is 64.4 Å². The first-order chi connectivity index (χ1) is 13.3. The number of nitrogens with zero attached hydrogens (tertiary/aromatic N) is 1. The molecule has 0 unspecified atom stereocenters. The number of carbonyl (C=O) groups is 2. The summed E-state index contributed by atoms with van der Waals surface area (Å²) in [5, 5.41) is 4.91. The fourth-order valence-corrected chi connectivity index (χ4v) is 5.83. The summed E-state index contributed by atoms with van der Waals surface area (Å²) < 4.78 is 52.9. The van der Waals surface area contributed by atoms with Gasteiger partial charge in [-0.15, -0.1) is 0 Å². The van der Waals surface area contributed by atoms with E-state index in [-0.39, 0.29) is 17.1 Å². The summed E-state index contributed by atoms with van der Waals surface area (Å²) in [6, 6.07) is 4.81. The summed E-state index contributed by atoms with van der Waals surface area (Å²) >= 11 is 0. The van der Waals surface area contributed by atoms with Gasteiger partial charge in [-0.1, -0.05) is 12.1 Å². The first-order valence-electron chi connectivity index (χ1n) is 8.92. The average molecular weight is 447 g/mol. The second kappa shape index (κ2) is 8.38. The number of likely N-dealkylation sites (N-methyl/N-ethyl adjacent to an activating group) is 1. The lowest BCUT2D eigenvalue weighted by atomic mass is 10.1. The van der Waals surface area contributed by atoms with Gasteiger partial charge in [0.1, 0.15) is 16.5 Å². The molecule has 1 aromatic rings. The average Bonchev–Trinajstić information content (AvgIpc) is 3.10. The van der Waals surface area contributed by atoms with Crippen LogP contribution >= 0.6 is 0 Å². The summed E-state index contributed by atoms with van der Waals surface area (Å²) in [5.74, 6) is -1.14. The molecule has 0 bridgehead atoms. The van der Waals surface area contributed by atoms with Crippen LogP contribution in [0.4, 0.5) is 5.69 Å². The molecule has 0 aromatic heterocycles. The number of sulfonamides is 2. The summed E-state index contributed by atoms with van der Waals surface area (Å²) in [6.45, 7) is 3.05. The van der Waals surface area contributed by atoms with Gasteiger partial charge in [-0.3, -0.25) is 9.59 Å².